The molecule has 22 heavy (non-hydrogen) atoms. The number of carboxylic acids is 1. The van der Waals surface area contributed by atoms with Gasteiger partial charge in [0, 0.05) is 13.0 Å². The molecule has 0 amide bonds. The molecular formula is C16H26ClNO4. The molecule has 0 spiro atoms. The Morgan fingerprint density at radius 1 is 1.18 bits per heavy atom. The number of carboxylic acid groups (broad SMARTS) is 1. The number of hydrogen-bond acceptors (Lipinski definition) is 4. The number of carbonyl (C=O) groups is 1. The molecule has 1 aromatic rings. The first-order chi connectivity index (χ1) is 9.97. The molecule has 0 atom stereocenters. The van der Waals surface area contributed by atoms with E-state index in [1.807, 2.05) is 19.2 Å². The lowest BCUT2D eigenvalue weighted by Gasteiger charge is -2.19. The Balaban J connectivity index is 0.00000441. The van der Waals surface area contributed by atoms with Gasteiger partial charge in [-0.3, -0.25) is 4.79 Å². The van der Waals surface area contributed by atoms with E-state index in [4.69, 9.17) is 14.6 Å². The number of benzene rings is 1. The molecule has 1 aromatic carbocycles. The van der Waals surface area contributed by atoms with Gasteiger partial charge in [0.25, 0.3) is 0 Å². The lowest BCUT2D eigenvalue weighted by molar-refractivity contribution is -0.137. The van der Waals surface area contributed by atoms with Gasteiger partial charge in [-0.15, -0.1) is 12.4 Å². The monoisotopic (exact) mass is 331 g/mol. The summed E-state index contributed by atoms with van der Waals surface area (Å²) < 4.78 is 10.6. The van der Waals surface area contributed by atoms with Gasteiger partial charge in [-0.2, -0.15) is 0 Å². The smallest absolute Gasteiger partial charge is 0.303 e. The largest absolute Gasteiger partial charge is 0.493 e. The maximum absolute atomic E-state index is 10.5. The van der Waals surface area contributed by atoms with Crippen LogP contribution in [0.3, 0.4) is 0 Å². The predicted octanol–water partition coefficient (Wildman–Crippen LogP) is 3.12. The van der Waals surface area contributed by atoms with Crippen LogP contribution in [-0.2, 0) is 11.3 Å². The summed E-state index contributed by atoms with van der Waals surface area (Å²) >= 11 is 0. The van der Waals surface area contributed by atoms with Crippen molar-refractivity contribution in [1.82, 2.24) is 4.90 Å². The molecule has 1 N–H and O–H groups in total. The van der Waals surface area contributed by atoms with Crippen molar-refractivity contribution < 1.29 is 19.4 Å². The van der Waals surface area contributed by atoms with E-state index in [1.165, 1.54) is 5.56 Å². The molecule has 0 aliphatic rings. The second kappa shape index (κ2) is 10.3. The summed E-state index contributed by atoms with van der Waals surface area (Å²) in [6.07, 6.45) is 1.84. The molecule has 0 aromatic heterocycles. The van der Waals surface area contributed by atoms with E-state index in [0.29, 0.717) is 6.42 Å². The van der Waals surface area contributed by atoms with Crippen LogP contribution < -0.4 is 9.47 Å². The standard InChI is InChI=1S/C16H25NO4.ClH/c1-12-9-14(20-3)15(21-4)10-13(12)11-17(2)8-6-5-7-16(18)19;/h9-10H,5-8,11H2,1-4H3,(H,18,19);1H. The molecule has 0 saturated carbocycles. The van der Waals surface area contributed by atoms with Gasteiger partial charge >= 0.3 is 5.97 Å². The van der Waals surface area contributed by atoms with E-state index in [-0.39, 0.29) is 18.8 Å². The van der Waals surface area contributed by atoms with Crippen LogP contribution in [0.15, 0.2) is 12.1 Å². The van der Waals surface area contributed by atoms with Crippen molar-refractivity contribution in [3.63, 3.8) is 0 Å². The van der Waals surface area contributed by atoms with Crippen molar-refractivity contribution in [2.45, 2.75) is 32.7 Å². The van der Waals surface area contributed by atoms with Crippen LogP contribution >= 0.6 is 12.4 Å². The third kappa shape index (κ3) is 6.54. The number of hydrogen-bond donors (Lipinski definition) is 1. The topological polar surface area (TPSA) is 59.0 Å². The molecule has 0 heterocycles. The van der Waals surface area contributed by atoms with Gasteiger partial charge in [0.05, 0.1) is 14.2 Å². The van der Waals surface area contributed by atoms with Crippen LogP contribution in [-0.4, -0.2) is 43.8 Å². The molecule has 0 aliphatic heterocycles. The number of ether oxygens (including phenoxy) is 2. The second-order valence-electron chi connectivity index (χ2n) is 5.22. The Morgan fingerprint density at radius 2 is 1.77 bits per heavy atom. The molecule has 0 fully saturated rings. The quantitative estimate of drug-likeness (QED) is 0.704. The number of methoxy groups -OCH3 is 2. The summed E-state index contributed by atoms with van der Waals surface area (Å²) in [5.74, 6) is 0.744. The first kappa shape index (κ1) is 20.5. The average molecular weight is 332 g/mol. The maximum Gasteiger partial charge on any atom is 0.303 e. The molecular weight excluding hydrogens is 306 g/mol. The average Bonchev–Trinajstić information content (AvgIpc) is 2.45. The molecule has 5 nitrogen and oxygen atoms in total. The molecule has 6 heteroatoms. The van der Waals surface area contributed by atoms with Crippen molar-refractivity contribution >= 4 is 18.4 Å². The minimum Gasteiger partial charge on any atom is -0.493 e. The molecule has 1 rings (SSSR count). The Morgan fingerprint density at radius 3 is 2.32 bits per heavy atom. The molecule has 0 unspecified atom stereocenters. The van der Waals surface area contributed by atoms with Crippen LogP contribution in [0.25, 0.3) is 0 Å². The number of nitrogens with zero attached hydrogens (tertiary/aromatic N) is 1. The molecule has 0 bridgehead atoms. The fraction of sp³-hybridized carbons (Fsp3) is 0.562. The van der Waals surface area contributed by atoms with Gasteiger partial charge in [0.2, 0.25) is 0 Å². The fourth-order valence-corrected chi connectivity index (χ4v) is 2.22. The first-order valence-corrected chi connectivity index (χ1v) is 7.09. The summed E-state index contributed by atoms with van der Waals surface area (Å²) in [6.45, 7) is 3.73. The number of rotatable bonds is 9. The van der Waals surface area contributed by atoms with E-state index in [2.05, 4.69) is 11.8 Å². The van der Waals surface area contributed by atoms with Crippen LogP contribution in [0.1, 0.15) is 30.4 Å². The predicted molar refractivity (Wildman–Crippen MR) is 89.4 cm³/mol. The van der Waals surface area contributed by atoms with Gasteiger partial charge in [-0.1, -0.05) is 0 Å². The highest BCUT2D eigenvalue weighted by Crippen LogP contribution is 2.30. The molecule has 0 aliphatic carbocycles. The van der Waals surface area contributed by atoms with Gasteiger partial charge < -0.3 is 19.5 Å². The second-order valence-corrected chi connectivity index (χ2v) is 5.22. The summed E-state index contributed by atoms with van der Waals surface area (Å²) in [4.78, 5) is 12.7. The summed E-state index contributed by atoms with van der Waals surface area (Å²) in [5.41, 5.74) is 2.35. The van der Waals surface area contributed by atoms with Crippen molar-refractivity contribution in [3.8, 4) is 11.5 Å². The van der Waals surface area contributed by atoms with Crippen molar-refractivity contribution in [2.75, 3.05) is 27.8 Å². The summed E-state index contributed by atoms with van der Waals surface area (Å²) in [5, 5.41) is 8.62. The highest BCUT2D eigenvalue weighted by Gasteiger charge is 2.10. The number of halogens is 1. The number of unbranched alkanes of at least 4 members (excludes halogenated alkanes) is 1. The Bertz CT molecular complexity index is 479. The van der Waals surface area contributed by atoms with Crippen molar-refractivity contribution in [1.29, 1.82) is 0 Å². The lowest BCUT2D eigenvalue weighted by Crippen LogP contribution is -2.20. The molecule has 0 radical (unpaired) electrons. The van der Waals surface area contributed by atoms with Gasteiger partial charge in [0.15, 0.2) is 11.5 Å². The third-order valence-corrected chi connectivity index (χ3v) is 3.46. The van der Waals surface area contributed by atoms with E-state index in [0.717, 1.165) is 36.6 Å². The summed E-state index contributed by atoms with van der Waals surface area (Å²) in [7, 11) is 5.30. The normalized spacial score (nSPS) is 10.2. The molecule has 0 saturated heterocycles. The zero-order chi connectivity index (χ0) is 15.8. The Kier molecular flexibility index (Phi) is 9.61. The zero-order valence-electron chi connectivity index (χ0n) is 13.7. The van der Waals surface area contributed by atoms with Crippen molar-refractivity contribution in [3.05, 3.63) is 23.3 Å². The number of aliphatic carboxylic acids is 1. The Hall–Kier alpha value is -1.46. The van der Waals surface area contributed by atoms with Gasteiger partial charge in [-0.05, 0) is 56.6 Å². The highest BCUT2D eigenvalue weighted by atomic mass is 35.5. The first-order valence-electron chi connectivity index (χ1n) is 7.09. The third-order valence-electron chi connectivity index (χ3n) is 3.46. The fourth-order valence-electron chi connectivity index (χ4n) is 2.22. The number of aryl methyl sites for hydroxylation is 1. The van der Waals surface area contributed by atoms with Crippen LogP contribution in [0.4, 0.5) is 0 Å². The minimum absolute atomic E-state index is 0. The molecule has 126 valence electrons. The Labute approximate surface area is 138 Å². The van der Waals surface area contributed by atoms with E-state index < -0.39 is 5.97 Å². The van der Waals surface area contributed by atoms with Crippen LogP contribution in [0.2, 0.25) is 0 Å². The van der Waals surface area contributed by atoms with Gasteiger partial charge in [-0.25, -0.2) is 0 Å². The lowest BCUT2D eigenvalue weighted by atomic mass is 10.1. The van der Waals surface area contributed by atoms with E-state index in [1.54, 1.807) is 14.2 Å². The van der Waals surface area contributed by atoms with E-state index >= 15 is 0 Å². The van der Waals surface area contributed by atoms with E-state index in [9.17, 15) is 4.79 Å². The van der Waals surface area contributed by atoms with Gasteiger partial charge in [0.1, 0.15) is 0 Å². The van der Waals surface area contributed by atoms with Crippen LogP contribution in [0.5, 0.6) is 11.5 Å². The van der Waals surface area contributed by atoms with Crippen LogP contribution in [0, 0.1) is 6.92 Å². The maximum atomic E-state index is 10.5. The zero-order valence-corrected chi connectivity index (χ0v) is 14.5. The summed E-state index contributed by atoms with van der Waals surface area (Å²) in [6, 6.07) is 3.98. The van der Waals surface area contributed by atoms with Crippen molar-refractivity contribution in [2.24, 2.45) is 0 Å². The minimum atomic E-state index is -0.728. The SMILES string of the molecule is COc1cc(C)c(CN(C)CCCCC(=O)O)cc1OC.Cl. The highest BCUT2D eigenvalue weighted by molar-refractivity contribution is 5.85.